The average molecular weight is 306 g/mol. The van der Waals surface area contributed by atoms with Crippen LogP contribution in [0.1, 0.15) is 16.7 Å². The molecule has 0 bridgehead atoms. The first kappa shape index (κ1) is 13.1. The Kier molecular flexibility index (Phi) is 4.39. The number of hydrogen-bond donors (Lipinski definition) is 2. The van der Waals surface area contributed by atoms with E-state index in [9.17, 15) is 0 Å². The Labute approximate surface area is 116 Å². The van der Waals surface area contributed by atoms with Gasteiger partial charge >= 0.3 is 0 Å². The van der Waals surface area contributed by atoms with E-state index in [4.69, 9.17) is 5.11 Å². The van der Waals surface area contributed by atoms with E-state index in [2.05, 4.69) is 46.4 Å². The maximum absolute atomic E-state index is 8.98. The third-order valence-electron chi connectivity index (χ3n) is 2.81. The molecule has 0 amide bonds. The number of anilines is 1. The lowest BCUT2D eigenvalue weighted by Gasteiger charge is -2.09. The van der Waals surface area contributed by atoms with Gasteiger partial charge in [-0.1, -0.05) is 30.3 Å². The lowest BCUT2D eigenvalue weighted by atomic mass is 10.1. The molecule has 0 heterocycles. The molecule has 0 saturated carbocycles. The number of nitrogens with one attached hydrogen (secondary N) is 1. The number of aliphatic hydroxyl groups is 1. The molecule has 0 aromatic heterocycles. The van der Waals surface area contributed by atoms with Gasteiger partial charge in [0.15, 0.2) is 0 Å². The largest absolute Gasteiger partial charge is 0.392 e. The highest BCUT2D eigenvalue weighted by Crippen LogP contribution is 2.23. The predicted octanol–water partition coefficient (Wildman–Crippen LogP) is 3.86. The van der Waals surface area contributed by atoms with Crippen LogP contribution < -0.4 is 5.32 Å². The van der Waals surface area contributed by atoms with Gasteiger partial charge in [0, 0.05) is 16.7 Å². The van der Waals surface area contributed by atoms with Crippen LogP contribution in [-0.2, 0) is 13.2 Å². The molecule has 0 aliphatic heterocycles. The van der Waals surface area contributed by atoms with Crippen LogP contribution in [0.3, 0.4) is 0 Å². The molecule has 2 rings (SSSR count). The second-order valence-corrected chi connectivity index (χ2v) is 5.17. The highest BCUT2D eigenvalue weighted by atomic mass is 79.9. The smallest absolute Gasteiger partial charge is 0.0681 e. The number of aryl methyl sites for hydroxylation is 1. The third-order valence-corrected chi connectivity index (χ3v) is 3.47. The summed E-state index contributed by atoms with van der Waals surface area (Å²) in [6, 6.07) is 14.2. The fourth-order valence-corrected chi connectivity index (χ4v) is 2.36. The van der Waals surface area contributed by atoms with Gasteiger partial charge in [0.2, 0.25) is 0 Å². The van der Waals surface area contributed by atoms with Gasteiger partial charge in [0.25, 0.3) is 0 Å². The number of halogens is 1. The van der Waals surface area contributed by atoms with E-state index in [1.165, 1.54) is 11.1 Å². The van der Waals surface area contributed by atoms with Crippen LogP contribution in [0.2, 0.25) is 0 Å². The molecule has 2 N–H and O–H groups in total. The zero-order valence-corrected chi connectivity index (χ0v) is 11.9. The van der Waals surface area contributed by atoms with E-state index >= 15 is 0 Å². The van der Waals surface area contributed by atoms with Gasteiger partial charge in [-0.25, -0.2) is 0 Å². The van der Waals surface area contributed by atoms with Gasteiger partial charge in [-0.3, -0.25) is 0 Å². The van der Waals surface area contributed by atoms with E-state index in [-0.39, 0.29) is 6.61 Å². The van der Waals surface area contributed by atoms with Crippen molar-refractivity contribution in [2.75, 3.05) is 5.32 Å². The second-order valence-electron chi connectivity index (χ2n) is 4.31. The fourth-order valence-electron chi connectivity index (χ4n) is 1.72. The first-order chi connectivity index (χ1) is 8.69. The van der Waals surface area contributed by atoms with Crippen LogP contribution in [0.5, 0.6) is 0 Å². The quantitative estimate of drug-likeness (QED) is 0.899. The Hall–Kier alpha value is -1.32. The van der Waals surface area contributed by atoms with Gasteiger partial charge < -0.3 is 10.4 Å². The summed E-state index contributed by atoms with van der Waals surface area (Å²) in [5.74, 6) is 0. The summed E-state index contributed by atoms with van der Waals surface area (Å²) in [5, 5.41) is 12.4. The zero-order valence-electron chi connectivity index (χ0n) is 10.3. The standard InChI is InChI=1S/C15H16BrNO/c1-11-2-7-15(14(16)8-11)17-9-12-3-5-13(10-18)6-4-12/h2-8,17-18H,9-10H2,1H3. The summed E-state index contributed by atoms with van der Waals surface area (Å²) in [7, 11) is 0. The summed E-state index contributed by atoms with van der Waals surface area (Å²) >= 11 is 3.55. The van der Waals surface area contributed by atoms with Crippen molar-refractivity contribution in [3.63, 3.8) is 0 Å². The van der Waals surface area contributed by atoms with Crippen molar-refractivity contribution in [2.45, 2.75) is 20.1 Å². The number of hydrogen-bond acceptors (Lipinski definition) is 2. The van der Waals surface area contributed by atoms with Crippen molar-refractivity contribution in [1.82, 2.24) is 0 Å². The van der Waals surface area contributed by atoms with Gasteiger partial charge in [0.05, 0.1) is 6.61 Å². The average Bonchev–Trinajstić information content (AvgIpc) is 2.38. The molecule has 0 unspecified atom stereocenters. The van der Waals surface area contributed by atoms with Crippen molar-refractivity contribution in [1.29, 1.82) is 0 Å². The number of rotatable bonds is 4. The molecule has 0 fully saturated rings. The predicted molar refractivity (Wildman–Crippen MR) is 78.6 cm³/mol. The lowest BCUT2D eigenvalue weighted by Crippen LogP contribution is -2.00. The number of aliphatic hydroxyl groups excluding tert-OH is 1. The molecule has 0 radical (unpaired) electrons. The molecule has 2 aromatic carbocycles. The van der Waals surface area contributed by atoms with E-state index in [1.54, 1.807) is 0 Å². The molecule has 2 aromatic rings. The Bertz CT molecular complexity index is 523. The molecule has 2 nitrogen and oxygen atoms in total. The summed E-state index contributed by atoms with van der Waals surface area (Å²) < 4.78 is 1.08. The van der Waals surface area contributed by atoms with Crippen LogP contribution in [0.4, 0.5) is 5.69 Å². The second kappa shape index (κ2) is 6.03. The SMILES string of the molecule is Cc1ccc(NCc2ccc(CO)cc2)c(Br)c1. The van der Waals surface area contributed by atoms with E-state index in [0.29, 0.717) is 0 Å². The van der Waals surface area contributed by atoms with Gasteiger partial charge in [-0.15, -0.1) is 0 Å². The van der Waals surface area contributed by atoms with Gasteiger partial charge in [-0.2, -0.15) is 0 Å². The van der Waals surface area contributed by atoms with E-state index < -0.39 is 0 Å². The monoisotopic (exact) mass is 305 g/mol. The van der Waals surface area contributed by atoms with Crippen LogP contribution >= 0.6 is 15.9 Å². The van der Waals surface area contributed by atoms with Gasteiger partial charge in [0.1, 0.15) is 0 Å². The fraction of sp³-hybridized carbons (Fsp3) is 0.200. The molecular weight excluding hydrogens is 290 g/mol. The molecule has 0 aliphatic rings. The van der Waals surface area contributed by atoms with Gasteiger partial charge in [-0.05, 0) is 51.7 Å². The molecule has 3 heteroatoms. The Morgan fingerprint density at radius 3 is 2.33 bits per heavy atom. The van der Waals surface area contributed by atoms with Crippen molar-refractivity contribution in [3.8, 4) is 0 Å². The maximum atomic E-state index is 8.98. The minimum absolute atomic E-state index is 0.0945. The maximum Gasteiger partial charge on any atom is 0.0681 e. The first-order valence-electron chi connectivity index (χ1n) is 5.88. The third kappa shape index (κ3) is 3.34. The summed E-state index contributed by atoms with van der Waals surface area (Å²) in [6.45, 7) is 2.94. The highest BCUT2D eigenvalue weighted by molar-refractivity contribution is 9.10. The van der Waals surface area contributed by atoms with Crippen molar-refractivity contribution in [3.05, 3.63) is 63.6 Å². The molecule has 94 valence electrons. The van der Waals surface area contributed by atoms with Crippen LogP contribution in [0.25, 0.3) is 0 Å². The summed E-state index contributed by atoms with van der Waals surface area (Å²) in [4.78, 5) is 0. The van der Waals surface area contributed by atoms with Crippen LogP contribution in [0.15, 0.2) is 46.9 Å². The topological polar surface area (TPSA) is 32.3 Å². The minimum atomic E-state index is 0.0945. The normalized spacial score (nSPS) is 10.4. The van der Waals surface area contributed by atoms with E-state index in [0.717, 1.165) is 22.3 Å². The lowest BCUT2D eigenvalue weighted by molar-refractivity contribution is 0.282. The Balaban J connectivity index is 2.02. The molecule has 0 spiro atoms. The first-order valence-corrected chi connectivity index (χ1v) is 6.67. The molecular formula is C15H16BrNO. The minimum Gasteiger partial charge on any atom is -0.392 e. The van der Waals surface area contributed by atoms with Crippen LogP contribution in [0, 0.1) is 6.92 Å². The van der Waals surface area contributed by atoms with Crippen molar-refractivity contribution < 1.29 is 5.11 Å². The van der Waals surface area contributed by atoms with Crippen molar-refractivity contribution >= 4 is 21.6 Å². The summed E-state index contributed by atoms with van der Waals surface area (Å²) in [5.41, 5.74) is 4.46. The van der Waals surface area contributed by atoms with Crippen molar-refractivity contribution in [2.24, 2.45) is 0 Å². The van der Waals surface area contributed by atoms with Crippen LogP contribution in [-0.4, -0.2) is 5.11 Å². The molecule has 0 saturated heterocycles. The summed E-state index contributed by atoms with van der Waals surface area (Å²) in [6.07, 6.45) is 0. The Morgan fingerprint density at radius 1 is 1.06 bits per heavy atom. The molecule has 0 aliphatic carbocycles. The molecule has 18 heavy (non-hydrogen) atoms. The Morgan fingerprint density at radius 2 is 1.72 bits per heavy atom. The molecule has 0 atom stereocenters. The van der Waals surface area contributed by atoms with E-state index in [1.807, 2.05) is 24.3 Å². The zero-order chi connectivity index (χ0) is 13.0. The highest BCUT2D eigenvalue weighted by Gasteiger charge is 2.00. The number of benzene rings is 2.